The van der Waals surface area contributed by atoms with E-state index in [2.05, 4.69) is 16.4 Å². The van der Waals surface area contributed by atoms with Gasteiger partial charge in [-0.15, -0.1) is 0 Å². The van der Waals surface area contributed by atoms with Crippen LogP contribution in [0.1, 0.15) is 6.42 Å². The van der Waals surface area contributed by atoms with Gasteiger partial charge in [-0.1, -0.05) is 18.2 Å². The second-order valence-electron chi connectivity index (χ2n) is 3.78. The van der Waals surface area contributed by atoms with Crippen LogP contribution in [0.3, 0.4) is 0 Å². The Labute approximate surface area is 95.1 Å². The van der Waals surface area contributed by atoms with Crippen LogP contribution in [0.5, 0.6) is 0 Å². The summed E-state index contributed by atoms with van der Waals surface area (Å²) in [7, 11) is 0. The predicted molar refractivity (Wildman–Crippen MR) is 60.1 cm³/mol. The standard InChI is InChI=1S/C10H17ClN2O2/c1-9(11)8-13-6-4-12(5-7-13)3-2-10(14)15/h1-8H2,(H,14,15). The van der Waals surface area contributed by atoms with Gasteiger partial charge in [-0.05, 0) is 0 Å². The minimum absolute atomic E-state index is 0.224. The molecule has 0 aromatic rings. The van der Waals surface area contributed by atoms with Gasteiger partial charge in [0, 0.05) is 44.3 Å². The van der Waals surface area contributed by atoms with E-state index < -0.39 is 5.97 Å². The topological polar surface area (TPSA) is 43.8 Å². The van der Waals surface area contributed by atoms with Crippen molar-refractivity contribution in [2.75, 3.05) is 39.3 Å². The Morgan fingerprint density at radius 1 is 1.27 bits per heavy atom. The third-order valence-electron chi connectivity index (χ3n) is 2.50. The number of carboxylic acid groups (broad SMARTS) is 1. The Morgan fingerprint density at radius 2 is 1.80 bits per heavy atom. The highest BCUT2D eigenvalue weighted by Gasteiger charge is 2.17. The van der Waals surface area contributed by atoms with Crippen molar-refractivity contribution in [1.29, 1.82) is 0 Å². The van der Waals surface area contributed by atoms with Crippen LogP contribution in [0.4, 0.5) is 0 Å². The minimum atomic E-state index is -0.730. The van der Waals surface area contributed by atoms with Crippen LogP contribution >= 0.6 is 11.6 Å². The van der Waals surface area contributed by atoms with E-state index in [0.717, 1.165) is 32.7 Å². The fraction of sp³-hybridized carbons (Fsp3) is 0.700. The van der Waals surface area contributed by atoms with Crippen LogP contribution in [0, 0.1) is 0 Å². The molecule has 0 spiro atoms. The molecular formula is C10H17ClN2O2. The summed E-state index contributed by atoms with van der Waals surface area (Å²) in [4.78, 5) is 14.8. The maximum atomic E-state index is 10.4. The molecule has 0 bridgehead atoms. The second-order valence-corrected chi connectivity index (χ2v) is 4.31. The highest BCUT2D eigenvalue weighted by Crippen LogP contribution is 2.06. The molecule has 1 heterocycles. The van der Waals surface area contributed by atoms with Crippen molar-refractivity contribution in [3.63, 3.8) is 0 Å². The SMILES string of the molecule is C=C(Cl)CN1CCN(CCC(=O)O)CC1. The van der Waals surface area contributed by atoms with Gasteiger partial charge in [-0.3, -0.25) is 9.69 Å². The zero-order valence-corrected chi connectivity index (χ0v) is 9.54. The Balaban J connectivity index is 2.18. The van der Waals surface area contributed by atoms with Gasteiger partial charge >= 0.3 is 5.97 Å². The van der Waals surface area contributed by atoms with Crippen molar-refractivity contribution in [2.45, 2.75) is 6.42 Å². The van der Waals surface area contributed by atoms with Crippen molar-refractivity contribution < 1.29 is 9.90 Å². The Hall–Kier alpha value is -0.580. The Morgan fingerprint density at radius 3 is 2.27 bits per heavy atom. The number of piperazine rings is 1. The first-order chi connectivity index (χ1) is 7.08. The second kappa shape index (κ2) is 6.10. The zero-order chi connectivity index (χ0) is 11.3. The number of nitrogens with zero attached hydrogens (tertiary/aromatic N) is 2. The summed E-state index contributed by atoms with van der Waals surface area (Å²) < 4.78 is 0. The van der Waals surface area contributed by atoms with Crippen LogP contribution < -0.4 is 0 Å². The molecule has 0 amide bonds. The van der Waals surface area contributed by atoms with Crippen LogP contribution in [-0.2, 0) is 4.79 Å². The first-order valence-corrected chi connectivity index (χ1v) is 5.45. The van der Waals surface area contributed by atoms with Gasteiger partial charge in [0.1, 0.15) is 0 Å². The minimum Gasteiger partial charge on any atom is -0.481 e. The molecule has 1 aliphatic heterocycles. The molecule has 1 fully saturated rings. The molecular weight excluding hydrogens is 216 g/mol. The number of halogens is 1. The monoisotopic (exact) mass is 232 g/mol. The van der Waals surface area contributed by atoms with E-state index in [4.69, 9.17) is 16.7 Å². The summed E-state index contributed by atoms with van der Waals surface area (Å²) in [5.74, 6) is -0.730. The van der Waals surface area contributed by atoms with E-state index in [9.17, 15) is 4.79 Å². The fourth-order valence-corrected chi connectivity index (χ4v) is 1.84. The summed E-state index contributed by atoms with van der Waals surface area (Å²) in [6, 6.07) is 0. The molecule has 0 aliphatic carbocycles. The van der Waals surface area contributed by atoms with Crippen LogP contribution in [0.2, 0.25) is 0 Å². The molecule has 1 saturated heterocycles. The van der Waals surface area contributed by atoms with Gasteiger partial charge in [0.25, 0.3) is 0 Å². The Kier molecular flexibility index (Phi) is 5.08. The summed E-state index contributed by atoms with van der Waals surface area (Å²) in [5, 5.41) is 9.21. The number of carbonyl (C=O) groups is 1. The average Bonchev–Trinajstić information content (AvgIpc) is 2.16. The number of aliphatic carboxylic acids is 1. The van der Waals surface area contributed by atoms with Crippen molar-refractivity contribution in [2.24, 2.45) is 0 Å². The molecule has 0 saturated carbocycles. The summed E-state index contributed by atoms with van der Waals surface area (Å²) in [6.07, 6.45) is 0.224. The van der Waals surface area contributed by atoms with Crippen LogP contribution in [-0.4, -0.2) is 60.1 Å². The molecule has 15 heavy (non-hydrogen) atoms. The lowest BCUT2D eigenvalue weighted by molar-refractivity contribution is -0.137. The third kappa shape index (κ3) is 5.16. The predicted octanol–water partition coefficient (Wildman–Crippen LogP) is 0.831. The molecule has 4 nitrogen and oxygen atoms in total. The van der Waals surface area contributed by atoms with Crippen molar-refractivity contribution >= 4 is 17.6 Å². The fourth-order valence-electron chi connectivity index (χ4n) is 1.67. The lowest BCUT2D eigenvalue weighted by atomic mass is 10.3. The number of carboxylic acids is 1. The molecule has 0 aromatic heterocycles. The van der Waals surface area contributed by atoms with Crippen molar-refractivity contribution in [1.82, 2.24) is 9.80 Å². The van der Waals surface area contributed by atoms with E-state index in [0.29, 0.717) is 11.6 Å². The first-order valence-electron chi connectivity index (χ1n) is 5.07. The van der Waals surface area contributed by atoms with Gasteiger partial charge in [0.2, 0.25) is 0 Å². The lowest BCUT2D eigenvalue weighted by Crippen LogP contribution is -2.47. The highest BCUT2D eigenvalue weighted by molar-refractivity contribution is 6.29. The third-order valence-corrected chi connectivity index (χ3v) is 2.62. The highest BCUT2D eigenvalue weighted by atomic mass is 35.5. The van der Waals surface area contributed by atoms with Gasteiger partial charge in [-0.2, -0.15) is 0 Å². The molecule has 0 radical (unpaired) electrons. The molecule has 0 unspecified atom stereocenters. The zero-order valence-electron chi connectivity index (χ0n) is 8.78. The van der Waals surface area contributed by atoms with Crippen molar-refractivity contribution in [3.8, 4) is 0 Å². The molecule has 86 valence electrons. The van der Waals surface area contributed by atoms with E-state index in [1.165, 1.54) is 0 Å². The maximum Gasteiger partial charge on any atom is 0.304 e. The quantitative estimate of drug-likeness (QED) is 0.763. The van der Waals surface area contributed by atoms with Gasteiger partial charge in [0.05, 0.1) is 6.42 Å². The molecule has 1 aliphatic rings. The maximum absolute atomic E-state index is 10.4. The lowest BCUT2D eigenvalue weighted by Gasteiger charge is -2.34. The van der Waals surface area contributed by atoms with Crippen molar-refractivity contribution in [3.05, 3.63) is 11.6 Å². The molecule has 0 atom stereocenters. The Bertz CT molecular complexity index is 238. The molecule has 1 N–H and O–H groups in total. The summed E-state index contributed by atoms with van der Waals surface area (Å²) in [5.41, 5.74) is 0. The van der Waals surface area contributed by atoms with Gasteiger partial charge < -0.3 is 10.0 Å². The number of rotatable bonds is 5. The first kappa shape index (κ1) is 12.5. The molecule has 1 rings (SSSR count). The smallest absolute Gasteiger partial charge is 0.304 e. The summed E-state index contributed by atoms with van der Waals surface area (Å²) in [6.45, 7) is 8.73. The number of hydrogen-bond donors (Lipinski definition) is 1. The average molecular weight is 233 g/mol. The summed E-state index contributed by atoms with van der Waals surface area (Å²) >= 11 is 5.72. The normalized spacial score (nSPS) is 19.0. The molecule has 0 aromatic carbocycles. The van der Waals surface area contributed by atoms with E-state index in [1.807, 2.05) is 0 Å². The van der Waals surface area contributed by atoms with E-state index in [1.54, 1.807) is 0 Å². The van der Waals surface area contributed by atoms with Gasteiger partial charge in [0.15, 0.2) is 0 Å². The van der Waals surface area contributed by atoms with Gasteiger partial charge in [-0.25, -0.2) is 0 Å². The van der Waals surface area contributed by atoms with E-state index in [-0.39, 0.29) is 6.42 Å². The molecule has 5 heteroatoms. The van der Waals surface area contributed by atoms with Crippen LogP contribution in [0.25, 0.3) is 0 Å². The van der Waals surface area contributed by atoms with E-state index >= 15 is 0 Å². The van der Waals surface area contributed by atoms with Crippen LogP contribution in [0.15, 0.2) is 11.6 Å². The number of hydrogen-bond acceptors (Lipinski definition) is 3. The largest absolute Gasteiger partial charge is 0.481 e.